The van der Waals surface area contributed by atoms with Gasteiger partial charge in [-0.25, -0.2) is 0 Å². The lowest BCUT2D eigenvalue weighted by molar-refractivity contribution is -0.137. The summed E-state index contributed by atoms with van der Waals surface area (Å²) in [4.78, 5) is 29.7. The van der Waals surface area contributed by atoms with E-state index in [1.807, 2.05) is 41.3 Å². The number of benzene rings is 3. The smallest absolute Gasteiger partial charge is 0.303 e. The van der Waals surface area contributed by atoms with E-state index in [1.54, 1.807) is 0 Å². The average Bonchev–Trinajstić information content (AvgIpc) is 3.16. The molecule has 1 N–H and O–H groups in total. The minimum absolute atomic E-state index is 0.0562. The molecule has 1 unspecified atom stereocenters. The van der Waals surface area contributed by atoms with Gasteiger partial charge in [-0.3, -0.25) is 9.59 Å². The van der Waals surface area contributed by atoms with Crippen molar-refractivity contribution in [2.45, 2.75) is 43.4 Å². The monoisotopic (exact) mass is 482 g/mol. The fraction of sp³-hybridized carbons (Fsp3) is 0.355. The largest absolute Gasteiger partial charge is 0.481 e. The van der Waals surface area contributed by atoms with Gasteiger partial charge in [0.25, 0.3) is 0 Å². The summed E-state index contributed by atoms with van der Waals surface area (Å²) in [6.07, 6.45) is 3.47. The van der Waals surface area contributed by atoms with Crippen LogP contribution in [0.1, 0.15) is 54.7 Å². The van der Waals surface area contributed by atoms with Crippen LogP contribution in [-0.2, 0) is 15.0 Å². The van der Waals surface area contributed by atoms with Crippen LogP contribution >= 0.6 is 0 Å². The number of aliphatic carboxylic acids is 1. The van der Waals surface area contributed by atoms with Crippen molar-refractivity contribution < 1.29 is 14.7 Å². The zero-order valence-corrected chi connectivity index (χ0v) is 20.7. The van der Waals surface area contributed by atoms with Gasteiger partial charge in [-0.1, -0.05) is 78.9 Å². The van der Waals surface area contributed by atoms with Crippen molar-refractivity contribution in [1.29, 1.82) is 0 Å². The Hall–Kier alpha value is -3.44. The summed E-state index contributed by atoms with van der Waals surface area (Å²) in [6.45, 7) is 3.32. The summed E-state index contributed by atoms with van der Waals surface area (Å²) < 4.78 is 0. The fourth-order valence-electron chi connectivity index (χ4n) is 6.06. The van der Waals surface area contributed by atoms with Crippen LogP contribution in [0.15, 0.2) is 84.9 Å². The second kappa shape index (κ2) is 10.7. The van der Waals surface area contributed by atoms with Gasteiger partial charge in [0.2, 0.25) is 5.91 Å². The van der Waals surface area contributed by atoms with Crippen molar-refractivity contribution in [3.8, 4) is 0 Å². The van der Waals surface area contributed by atoms with Crippen LogP contribution in [0, 0.1) is 0 Å². The Morgan fingerprint density at radius 3 is 2.19 bits per heavy atom. The number of carbonyl (C=O) groups is 2. The lowest BCUT2D eigenvalue weighted by atomic mass is 9.72. The van der Waals surface area contributed by atoms with Crippen molar-refractivity contribution in [3.63, 3.8) is 0 Å². The predicted octanol–water partition coefficient (Wildman–Crippen LogP) is 5.45. The maximum atomic E-state index is 14.2. The van der Waals surface area contributed by atoms with Gasteiger partial charge in [0, 0.05) is 18.7 Å². The highest BCUT2D eigenvalue weighted by Gasteiger charge is 2.51. The molecule has 2 heterocycles. The van der Waals surface area contributed by atoms with Gasteiger partial charge < -0.3 is 14.9 Å². The maximum absolute atomic E-state index is 14.2. The second-order valence-electron chi connectivity index (χ2n) is 10.0. The van der Waals surface area contributed by atoms with Crippen molar-refractivity contribution in [2.75, 3.05) is 31.1 Å². The highest BCUT2D eigenvalue weighted by Crippen LogP contribution is 2.48. The van der Waals surface area contributed by atoms with Crippen molar-refractivity contribution >= 4 is 17.6 Å². The highest BCUT2D eigenvalue weighted by molar-refractivity contribution is 6.10. The third-order valence-corrected chi connectivity index (χ3v) is 7.97. The van der Waals surface area contributed by atoms with Crippen molar-refractivity contribution in [2.24, 2.45) is 0 Å². The zero-order chi connectivity index (χ0) is 25.0. The molecule has 0 aromatic heterocycles. The molecule has 186 valence electrons. The molecule has 5 nitrogen and oxygen atoms in total. The van der Waals surface area contributed by atoms with Crippen molar-refractivity contribution in [3.05, 3.63) is 102 Å². The van der Waals surface area contributed by atoms with Crippen LogP contribution < -0.4 is 4.90 Å². The van der Waals surface area contributed by atoms with Gasteiger partial charge in [-0.15, -0.1) is 0 Å². The highest BCUT2D eigenvalue weighted by atomic mass is 16.4. The Balaban J connectivity index is 1.38. The first-order chi connectivity index (χ1) is 17.6. The predicted molar refractivity (Wildman–Crippen MR) is 142 cm³/mol. The third-order valence-electron chi connectivity index (χ3n) is 7.97. The van der Waals surface area contributed by atoms with Crippen LogP contribution in [0.25, 0.3) is 0 Å². The Morgan fingerprint density at radius 1 is 0.861 bits per heavy atom. The van der Waals surface area contributed by atoms with E-state index < -0.39 is 11.4 Å². The quantitative estimate of drug-likeness (QED) is 0.440. The Labute approximate surface area is 213 Å². The van der Waals surface area contributed by atoms with Gasteiger partial charge in [0.05, 0.1) is 0 Å². The van der Waals surface area contributed by atoms with Gasteiger partial charge in [-0.05, 0) is 74.0 Å². The minimum Gasteiger partial charge on any atom is -0.481 e. The number of nitrogens with zero attached hydrogens (tertiary/aromatic N) is 2. The maximum Gasteiger partial charge on any atom is 0.303 e. The summed E-state index contributed by atoms with van der Waals surface area (Å²) in [5.74, 6) is -0.160. The van der Waals surface area contributed by atoms with E-state index in [0.717, 1.165) is 49.3 Å². The summed E-state index contributed by atoms with van der Waals surface area (Å²) in [5.41, 5.74) is 3.64. The van der Waals surface area contributed by atoms with Gasteiger partial charge >= 0.3 is 5.97 Å². The van der Waals surface area contributed by atoms with E-state index in [1.165, 1.54) is 5.56 Å². The molecule has 1 atom stereocenters. The van der Waals surface area contributed by atoms with Gasteiger partial charge in [-0.2, -0.15) is 0 Å². The molecule has 0 spiro atoms. The summed E-state index contributed by atoms with van der Waals surface area (Å²) in [6, 6.07) is 29.0. The number of hydrogen-bond donors (Lipinski definition) is 1. The van der Waals surface area contributed by atoms with E-state index >= 15 is 0 Å². The Bertz CT molecular complexity index is 1190. The molecule has 1 fully saturated rings. The average molecular weight is 483 g/mol. The number of likely N-dealkylation sites (tertiary alicyclic amines) is 1. The number of piperidine rings is 1. The molecule has 3 aromatic rings. The normalized spacial score (nSPS) is 20.4. The summed E-state index contributed by atoms with van der Waals surface area (Å²) in [7, 11) is 0. The molecule has 36 heavy (non-hydrogen) atoms. The number of fused-ring (bicyclic) bond motifs is 1. The zero-order valence-electron chi connectivity index (χ0n) is 20.7. The standard InChI is InChI=1S/C31H34N2O3/c34-29(35)16-9-20-33-28-15-8-7-14-27(28)31(30(33)36,26-12-5-2-6-13-26)19-23-32-21-17-25(18-22-32)24-10-3-1-4-11-24/h1-8,10-15,25H,9,16-23H2,(H,34,35). The number of rotatable bonds is 9. The lowest BCUT2D eigenvalue weighted by Crippen LogP contribution is -2.45. The molecule has 3 aromatic carbocycles. The molecular formula is C31H34N2O3. The molecule has 1 saturated heterocycles. The van der Waals surface area contributed by atoms with Crippen molar-refractivity contribution in [1.82, 2.24) is 4.90 Å². The first-order valence-electron chi connectivity index (χ1n) is 13.1. The SMILES string of the molecule is O=C(O)CCCN1C(=O)C(CCN2CCC(c3ccccc3)CC2)(c2ccccc2)c2ccccc21. The molecule has 5 rings (SSSR count). The number of hydrogen-bond acceptors (Lipinski definition) is 3. The first-order valence-corrected chi connectivity index (χ1v) is 13.1. The van der Waals surface area contributed by atoms with Crippen LogP contribution in [0.5, 0.6) is 0 Å². The molecule has 0 aliphatic carbocycles. The van der Waals surface area contributed by atoms with E-state index in [4.69, 9.17) is 5.11 Å². The molecule has 2 aliphatic rings. The molecule has 0 radical (unpaired) electrons. The number of carboxylic acids is 1. The molecule has 0 saturated carbocycles. The van der Waals surface area contributed by atoms with E-state index in [-0.39, 0.29) is 12.3 Å². The van der Waals surface area contributed by atoms with Crippen LogP contribution in [0.2, 0.25) is 0 Å². The topological polar surface area (TPSA) is 60.9 Å². The van der Waals surface area contributed by atoms with Gasteiger partial charge in [0.1, 0.15) is 5.41 Å². The van der Waals surface area contributed by atoms with E-state index in [0.29, 0.717) is 25.3 Å². The molecule has 1 amide bonds. The van der Waals surface area contributed by atoms with E-state index in [2.05, 4.69) is 53.4 Å². The molecule has 2 aliphatic heterocycles. The fourth-order valence-corrected chi connectivity index (χ4v) is 6.06. The van der Waals surface area contributed by atoms with Crippen LogP contribution in [0.3, 0.4) is 0 Å². The summed E-state index contributed by atoms with van der Waals surface area (Å²) >= 11 is 0. The van der Waals surface area contributed by atoms with Crippen LogP contribution in [-0.4, -0.2) is 48.1 Å². The first kappa shape index (κ1) is 24.3. The number of carbonyl (C=O) groups excluding carboxylic acids is 1. The molecular weight excluding hydrogens is 448 g/mol. The Kier molecular flexibility index (Phi) is 7.19. The third kappa shape index (κ3) is 4.68. The minimum atomic E-state index is -0.830. The van der Waals surface area contributed by atoms with Crippen LogP contribution in [0.4, 0.5) is 5.69 Å². The molecule has 5 heteroatoms. The number of amides is 1. The Morgan fingerprint density at radius 2 is 1.50 bits per heavy atom. The van der Waals surface area contributed by atoms with E-state index in [9.17, 15) is 9.59 Å². The number of anilines is 1. The molecule has 0 bridgehead atoms. The number of carboxylic acid groups (broad SMARTS) is 1. The number of para-hydroxylation sites is 1. The second-order valence-corrected chi connectivity index (χ2v) is 10.0. The van der Waals surface area contributed by atoms with Gasteiger partial charge in [0.15, 0.2) is 0 Å². The lowest BCUT2D eigenvalue weighted by Gasteiger charge is -2.36. The summed E-state index contributed by atoms with van der Waals surface area (Å²) in [5, 5.41) is 9.14.